The molecule has 0 aromatic carbocycles. The molecular formula is C14H21N3O4S. The van der Waals surface area contributed by atoms with Gasteiger partial charge in [0.15, 0.2) is 0 Å². The number of hydrogen-bond acceptors (Lipinski definition) is 5. The second-order valence-corrected chi connectivity index (χ2v) is 6.92. The molecule has 0 aromatic rings. The van der Waals surface area contributed by atoms with Crippen molar-refractivity contribution >= 4 is 29.5 Å². The molecule has 22 heavy (non-hydrogen) atoms. The van der Waals surface area contributed by atoms with E-state index in [4.69, 9.17) is 5.41 Å². The van der Waals surface area contributed by atoms with Gasteiger partial charge in [0.2, 0.25) is 5.91 Å². The van der Waals surface area contributed by atoms with E-state index >= 15 is 0 Å². The molecule has 3 N–H and O–H groups in total. The molecule has 0 saturated carbocycles. The van der Waals surface area contributed by atoms with Crippen LogP contribution in [-0.4, -0.2) is 69.7 Å². The number of amidine groups is 1. The summed E-state index contributed by atoms with van der Waals surface area (Å²) >= 11 is 1.29. The maximum absolute atomic E-state index is 12.1. The van der Waals surface area contributed by atoms with Crippen molar-refractivity contribution in [3.8, 4) is 0 Å². The zero-order valence-electron chi connectivity index (χ0n) is 13.0. The number of nitrogens with one attached hydrogen (secondary N) is 1. The fourth-order valence-corrected chi connectivity index (χ4v) is 4.27. The summed E-state index contributed by atoms with van der Waals surface area (Å²) in [5.41, 5.74) is 0.0101. The molecule has 2 heterocycles. The second-order valence-electron chi connectivity index (χ2n) is 5.90. The summed E-state index contributed by atoms with van der Waals surface area (Å²) in [6.07, 6.45) is -0.796. The molecule has 4 atom stereocenters. The second kappa shape index (κ2) is 5.92. The van der Waals surface area contributed by atoms with Crippen molar-refractivity contribution in [2.24, 2.45) is 11.8 Å². The minimum absolute atomic E-state index is 0.0101. The number of carbonyl (C=O) groups excluding carboxylic acids is 1. The molecule has 0 aliphatic carbocycles. The molecular weight excluding hydrogens is 306 g/mol. The molecule has 2 aliphatic heterocycles. The van der Waals surface area contributed by atoms with Crippen LogP contribution >= 0.6 is 11.8 Å². The van der Waals surface area contributed by atoms with E-state index in [1.807, 2.05) is 6.92 Å². The molecule has 0 spiro atoms. The fraction of sp³-hybridized carbons (Fsp3) is 0.643. The first-order valence-corrected chi connectivity index (χ1v) is 8.03. The third-order valence-corrected chi connectivity index (χ3v) is 5.51. The van der Waals surface area contributed by atoms with Crippen molar-refractivity contribution in [2.75, 3.05) is 19.8 Å². The van der Waals surface area contributed by atoms with Crippen LogP contribution in [0.2, 0.25) is 0 Å². The molecule has 0 unspecified atom stereocenters. The quantitative estimate of drug-likeness (QED) is 0.384. The number of carboxylic acid groups (broad SMARTS) is 1. The predicted molar refractivity (Wildman–Crippen MR) is 83.5 cm³/mol. The Labute approximate surface area is 133 Å². The van der Waals surface area contributed by atoms with Crippen LogP contribution in [0.4, 0.5) is 0 Å². The monoisotopic (exact) mass is 327 g/mol. The molecule has 2 rings (SSSR count). The molecule has 0 bridgehead atoms. The van der Waals surface area contributed by atoms with Crippen LogP contribution in [0.25, 0.3) is 0 Å². The van der Waals surface area contributed by atoms with E-state index in [9.17, 15) is 19.8 Å². The molecule has 0 aromatic heterocycles. The van der Waals surface area contributed by atoms with Crippen molar-refractivity contribution in [3.63, 3.8) is 0 Å². The average Bonchev–Trinajstić information content (AvgIpc) is 2.65. The van der Waals surface area contributed by atoms with Gasteiger partial charge in [0.25, 0.3) is 0 Å². The number of carboxylic acids is 1. The normalized spacial score (nSPS) is 28.3. The van der Waals surface area contributed by atoms with Crippen LogP contribution in [0.5, 0.6) is 0 Å². The number of carbonyl (C=O) groups is 2. The number of rotatable bonds is 5. The van der Waals surface area contributed by atoms with Crippen molar-refractivity contribution in [2.45, 2.75) is 26.0 Å². The number of amides is 1. The lowest BCUT2D eigenvalue weighted by Gasteiger charge is -2.46. The Bertz CT molecular complexity index is 558. The molecule has 2 aliphatic rings. The largest absolute Gasteiger partial charge is 0.477 e. The Balaban J connectivity index is 2.26. The highest BCUT2D eigenvalue weighted by atomic mass is 32.2. The number of thioether (sulfide) groups is 1. The highest BCUT2D eigenvalue weighted by Gasteiger charge is 2.59. The Morgan fingerprint density at radius 2 is 2.09 bits per heavy atom. The van der Waals surface area contributed by atoms with E-state index in [1.165, 1.54) is 16.7 Å². The molecule has 7 nitrogen and oxygen atoms in total. The van der Waals surface area contributed by atoms with E-state index in [0.29, 0.717) is 16.5 Å². The van der Waals surface area contributed by atoms with E-state index in [0.717, 1.165) is 0 Å². The minimum Gasteiger partial charge on any atom is -0.477 e. The van der Waals surface area contributed by atoms with Gasteiger partial charge in [-0.1, -0.05) is 6.92 Å². The van der Waals surface area contributed by atoms with Gasteiger partial charge in [-0.3, -0.25) is 10.2 Å². The number of hydrogen-bond donors (Lipinski definition) is 3. The SMILES string of the molecule is C[C@@H](O)[C@H]1C(=O)N2C(C(=O)O)=C(SCC(=N)N(C)C)[C@H](C)[C@H]12. The number of aliphatic carboxylic acids is 1. The average molecular weight is 327 g/mol. The Kier molecular flexibility index (Phi) is 4.53. The van der Waals surface area contributed by atoms with Crippen LogP contribution in [0, 0.1) is 17.2 Å². The van der Waals surface area contributed by atoms with Gasteiger partial charge in [-0.05, 0) is 6.92 Å². The van der Waals surface area contributed by atoms with Crippen molar-refractivity contribution < 1.29 is 19.8 Å². The first-order chi connectivity index (χ1) is 10.2. The summed E-state index contributed by atoms with van der Waals surface area (Å²) in [6.45, 7) is 3.43. The predicted octanol–water partition coefficient (Wildman–Crippen LogP) is 0.412. The van der Waals surface area contributed by atoms with Gasteiger partial charge < -0.3 is 20.0 Å². The Morgan fingerprint density at radius 3 is 2.55 bits per heavy atom. The molecule has 1 amide bonds. The fourth-order valence-electron chi connectivity index (χ4n) is 2.99. The van der Waals surface area contributed by atoms with Gasteiger partial charge in [-0.25, -0.2) is 4.79 Å². The lowest BCUT2D eigenvalue weighted by Crippen LogP contribution is -2.63. The van der Waals surface area contributed by atoms with Crippen LogP contribution in [-0.2, 0) is 9.59 Å². The van der Waals surface area contributed by atoms with Crippen molar-refractivity contribution in [1.82, 2.24) is 9.80 Å². The van der Waals surface area contributed by atoms with Crippen LogP contribution in [0.1, 0.15) is 13.8 Å². The van der Waals surface area contributed by atoms with Crippen molar-refractivity contribution in [3.05, 3.63) is 10.6 Å². The topological polar surface area (TPSA) is 105 Å². The lowest BCUT2D eigenvalue weighted by atomic mass is 9.79. The summed E-state index contributed by atoms with van der Waals surface area (Å²) < 4.78 is 0. The highest BCUT2D eigenvalue weighted by Crippen LogP contribution is 2.50. The van der Waals surface area contributed by atoms with Gasteiger partial charge in [-0.2, -0.15) is 0 Å². The standard InChI is InChI=1S/C14H21N3O4S/c1-6-10-9(7(2)18)13(19)17(10)11(14(20)21)12(6)22-5-8(15)16(3)4/h6-7,9-10,15,18H,5H2,1-4H3,(H,20,21)/t6-,7-,9-,10-/m1/s1. The van der Waals surface area contributed by atoms with E-state index in [2.05, 4.69) is 0 Å². The molecule has 1 fully saturated rings. The van der Waals surface area contributed by atoms with Crippen molar-refractivity contribution in [1.29, 1.82) is 5.41 Å². The number of fused-ring (bicyclic) bond motifs is 1. The smallest absolute Gasteiger partial charge is 0.353 e. The Hall–Kier alpha value is -1.54. The maximum Gasteiger partial charge on any atom is 0.353 e. The van der Waals surface area contributed by atoms with Gasteiger partial charge in [0.05, 0.1) is 23.8 Å². The summed E-state index contributed by atoms with van der Waals surface area (Å²) in [7, 11) is 3.52. The van der Waals surface area contributed by atoms with Gasteiger partial charge in [-0.15, -0.1) is 11.8 Å². The first-order valence-electron chi connectivity index (χ1n) is 7.04. The molecule has 8 heteroatoms. The third-order valence-electron chi connectivity index (χ3n) is 4.22. The van der Waals surface area contributed by atoms with E-state index in [1.54, 1.807) is 25.9 Å². The number of aliphatic hydroxyl groups is 1. The number of β-lactam (4-membered cyclic amide) rings is 1. The lowest BCUT2D eigenvalue weighted by molar-refractivity contribution is -0.163. The highest BCUT2D eigenvalue weighted by molar-refractivity contribution is 8.03. The van der Waals surface area contributed by atoms with Crippen LogP contribution in [0.3, 0.4) is 0 Å². The third kappa shape index (κ3) is 2.50. The van der Waals surface area contributed by atoms with Gasteiger partial charge >= 0.3 is 5.97 Å². The van der Waals surface area contributed by atoms with Gasteiger partial charge in [0, 0.05) is 24.9 Å². The molecule has 122 valence electrons. The summed E-state index contributed by atoms with van der Waals surface area (Å²) in [5, 5.41) is 27.0. The minimum atomic E-state index is -1.13. The number of nitrogens with zero attached hydrogens (tertiary/aromatic N) is 2. The summed E-state index contributed by atoms with van der Waals surface area (Å²) in [4.78, 5) is 27.3. The van der Waals surface area contributed by atoms with Gasteiger partial charge in [0.1, 0.15) is 11.5 Å². The summed E-state index contributed by atoms with van der Waals surface area (Å²) in [6, 6.07) is -0.297. The van der Waals surface area contributed by atoms with E-state index in [-0.39, 0.29) is 23.6 Å². The Morgan fingerprint density at radius 1 is 1.50 bits per heavy atom. The number of aliphatic hydroxyl groups excluding tert-OH is 1. The molecule has 0 radical (unpaired) electrons. The van der Waals surface area contributed by atoms with Crippen LogP contribution in [0.15, 0.2) is 10.6 Å². The molecule has 1 saturated heterocycles. The zero-order valence-corrected chi connectivity index (χ0v) is 13.8. The maximum atomic E-state index is 12.1. The zero-order chi connectivity index (χ0) is 16.8. The summed E-state index contributed by atoms with van der Waals surface area (Å²) in [5.74, 6) is -1.44. The van der Waals surface area contributed by atoms with Crippen LogP contribution < -0.4 is 0 Å². The first kappa shape index (κ1) is 16.8. The van der Waals surface area contributed by atoms with E-state index < -0.39 is 18.0 Å².